The van der Waals surface area contributed by atoms with Gasteiger partial charge in [0.25, 0.3) is 5.91 Å². The Morgan fingerprint density at radius 2 is 1.76 bits per heavy atom. The molecule has 0 aliphatic carbocycles. The summed E-state index contributed by atoms with van der Waals surface area (Å²) in [4.78, 5) is 25.3. The molecule has 6 heteroatoms. The van der Waals surface area contributed by atoms with Gasteiger partial charge in [-0.05, 0) is 29.8 Å². The molecule has 2 aromatic rings. The second-order valence-electron chi connectivity index (χ2n) is 5.46. The molecule has 132 valence electrons. The lowest BCUT2D eigenvalue weighted by atomic mass is 10.1. The Hall–Kier alpha value is -2.53. The number of hydrogen-bond acceptors (Lipinski definition) is 4. The molecule has 0 atom stereocenters. The number of amides is 1. The van der Waals surface area contributed by atoms with Crippen LogP contribution in [0.25, 0.3) is 0 Å². The number of benzene rings is 2. The maximum absolute atomic E-state index is 12.6. The van der Waals surface area contributed by atoms with Gasteiger partial charge in [-0.25, -0.2) is 0 Å². The van der Waals surface area contributed by atoms with E-state index in [1.165, 1.54) is 12.0 Å². The molecule has 1 amide bonds. The Kier molecular flexibility index (Phi) is 6.83. The number of halogens is 1. The molecular weight excluding hydrogens is 342 g/mol. The lowest BCUT2D eigenvalue weighted by Gasteiger charge is -2.18. The van der Waals surface area contributed by atoms with Crippen LogP contribution in [0.3, 0.4) is 0 Å². The highest BCUT2D eigenvalue weighted by Crippen LogP contribution is 2.21. The van der Waals surface area contributed by atoms with Crippen molar-refractivity contribution in [3.63, 3.8) is 0 Å². The molecule has 0 unspecified atom stereocenters. The van der Waals surface area contributed by atoms with E-state index in [1.54, 1.807) is 37.4 Å². The van der Waals surface area contributed by atoms with Crippen molar-refractivity contribution in [1.82, 2.24) is 4.90 Å². The van der Waals surface area contributed by atoms with Gasteiger partial charge < -0.3 is 14.4 Å². The fourth-order valence-electron chi connectivity index (χ4n) is 2.18. The fraction of sp³-hybridized carbons (Fsp3) is 0.263. The number of hydrogen-bond donors (Lipinski definition) is 0. The molecule has 0 radical (unpaired) electrons. The van der Waals surface area contributed by atoms with E-state index in [-0.39, 0.29) is 24.8 Å². The maximum atomic E-state index is 12.6. The van der Waals surface area contributed by atoms with Crippen LogP contribution in [0.4, 0.5) is 0 Å². The van der Waals surface area contributed by atoms with Crippen molar-refractivity contribution in [2.75, 3.05) is 20.7 Å². The number of methoxy groups -OCH3 is 1. The van der Waals surface area contributed by atoms with Crippen LogP contribution in [0.15, 0.2) is 48.5 Å². The summed E-state index contributed by atoms with van der Waals surface area (Å²) in [6.45, 7) is 0.602. The molecule has 2 aromatic carbocycles. The Bertz CT molecular complexity index is 730. The molecule has 0 N–H and O–H groups in total. The second kappa shape index (κ2) is 9.08. The zero-order valence-corrected chi connectivity index (χ0v) is 15.0. The van der Waals surface area contributed by atoms with Gasteiger partial charge in [0.05, 0.1) is 19.1 Å². The molecule has 0 bridgehead atoms. The molecule has 0 saturated heterocycles. The molecule has 0 heterocycles. The highest BCUT2D eigenvalue weighted by Gasteiger charge is 2.17. The third kappa shape index (κ3) is 5.50. The summed E-state index contributed by atoms with van der Waals surface area (Å²) in [7, 11) is 2.96. The number of carbonyl (C=O) groups excluding carboxylic acids is 2. The molecule has 5 nitrogen and oxygen atoms in total. The summed E-state index contributed by atoms with van der Waals surface area (Å²) >= 11 is 5.87. The second-order valence-corrected chi connectivity index (χ2v) is 5.90. The van der Waals surface area contributed by atoms with Crippen LogP contribution < -0.4 is 4.74 Å². The van der Waals surface area contributed by atoms with Crippen LogP contribution in [0.2, 0.25) is 5.02 Å². The van der Waals surface area contributed by atoms with Gasteiger partial charge in [-0.15, -0.1) is 0 Å². The first-order valence-electron chi connectivity index (χ1n) is 7.80. The number of para-hydroxylation sites is 1. The number of ether oxygens (including phenoxy) is 2. The van der Waals surface area contributed by atoms with Gasteiger partial charge in [0.2, 0.25) is 0 Å². The number of nitrogens with zero attached hydrogens (tertiary/aromatic N) is 1. The summed E-state index contributed by atoms with van der Waals surface area (Å²) < 4.78 is 10.4. The maximum Gasteiger partial charge on any atom is 0.307 e. The predicted molar refractivity (Wildman–Crippen MR) is 95.8 cm³/mol. The van der Waals surface area contributed by atoms with Crippen molar-refractivity contribution in [2.24, 2.45) is 0 Å². The first-order valence-corrected chi connectivity index (χ1v) is 8.17. The number of rotatable bonds is 7. The highest BCUT2D eigenvalue weighted by atomic mass is 35.5. The van der Waals surface area contributed by atoms with Crippen molar-refractivity contribution in [2.45, 2.75) is 13.0 Å². The average Bonchev–Trinajstić information content (AvgIpc) is 2.65. The van der Waals surface area contributed by atoms with Crippen molar-refractivity contribution in [3.05, 3.63) is 64.7 Å². The molecule has 2 rings (SSSR count). The molecule has 25 heavy (non-hydrogen) atoms. The smallest absolute Gasteiger partial charge is 0.307 e. The Morgan fingerprint density at radius 1 is 1.08 bits per heavy atom. The summed E-state index contributed by atoms with van der Waals surface area (Å²) in [6, 6.07) is 14.4. The zero-order valence-electron chi connectivity index (χ0n) is 14.2. The Morgan fingerprint density at radius 3 is 2.44 bits per heavy atom. The molecular formula is C19H20ClNO4. The van der Waals surface area contributed by atoms with Gasteiger partial charge in [-0.1, -0.05) is 35.9 Å². The van der Waals surface area contributed by atoms with E-state index in [1.807, 2.05) is 18.2 Å². The van der Waals surface area contributed by atoms with E-state index in [4.69, 9.17) is 16.3 Å². The minimum absolute atomic E-state index is 0.145. The van der Waals surface area contributed by atoms with Gasteiger partial charge in [0, 0.05) is 18.6 Å². The molecule has 0 saturated carbocycles. The first-order chi connectivity index (χ1) is 12.0. The van der Waals surface area contributed by atoms with Crippen LogP contribution in [0, 0.1) is 0 Å². The molecule has 0 aromatic heterocycles. The van der Waals surface area contributed by atoms with Gasteiger partial charge in [0.1, 0.15) is 12.4 Å². The van der Waals surface area contributed by atoms with E-state index in [0.717, 1.165) is 5.56 Å². The van der Waals surface area contributed by atoms with E-state index < -0.39 is 0 Å². The van der Waals surface area contributed by atoms with Gasteiger partial charge in [-0.2, -0.15) is 0 Å². The zero-order chi connectivity index (χ0) is 18.2. The minimum Gasteiger partial charge on any atom is -0.488 e. The minimum atomic E-state index is -0.355. The van der Waals surface area contributed by atoms with Crippen molar-refractivity contribution < 1.29 is 19.1 Å². The van der Waals surface area contributed by atoms with Crippen LogP contribution in [0.1, 0.15) is 22.3 Å². The van der Waals surface area contributed by atoms with Crippen molar-refractivity contribution >= 4 is 23.5 Å². The largest absolute Gasteiger partial charge is 0.488 e. The van der Waals surface area contributed by atoms with Crippen LogP contribution in [0.5, 0.6) is 5.75 Å². The van der Waals surface area contributed by atoms with Crippen LogP contribution in [-0.4, -0.2) is 37.5 Å². The Balaban J connectivity index is 2.04. The molecule has 0 aliphatic heterocycles. The normalized spacial score (nSPS) is 10.2. The topological polar surface area (TPSA) is 55.8 Å². The number of carbonyl (C=O) groups is 2. The molecule has 0 spiro atoms. The monoisotopic (exact) mass is 361 g/mol. The van der Waals surface area contributed by atoms with Crippen molar-refractivity contribution in [3.8, 4) is 5.75 Å². The summed E-state index contributed by atoms with van der Waals surface area (Å²) in [6.07, 6.45) is 0.145. The average molecular weight is 362 g/mol. The van der Waals surface area contributed by atoms with Gasteiger partial charge in [0.15, 0.2) is 0 Å². The van der Waals surface area contributed by atoms with Crippen LogP contribution >= 0.6 is 11.6 Å². The summed E-state index contributed by atoms with van der Waals surface area (Å²) in [5.41, 5.74) is 1.40. The fourth-order valence-corrected chi connectivity index (χ4v) is 2.31. The lowest BCUT2D eigenvalue weighted by Crippen LogP contribution is -2.29. The van der Waals surface area contributed by atoms with E-state index >= 15 is 0 Å². The third-order valence-electron chi connectivity index (χ3n) is 3.65. The molecule has 0 aliphatic rings. The lowest BCUT2D eigenvalue weighted by molar-refractivity contribution is -0.140. The summed E-state index contributed by atoms with van der Waals surface area (Å²) in [5.74, 6) is -0.0742. The Labute approximate surface area is 152 Å². The third-order valence-corrected chi connectivity index (χ3v) is 3.90. The number of esters is 1. The SMILES string of the molecule is COC(=O)CCN(C)C(=O)c1ccccc1OCc1ccc(Cl)cc1. The van der Waals surface area contributed by atoms with Gasteiger partial charge in [-0.3, -0.25) is 9.59 Å². The predicted octanol–water partition coefficient (Wildman–Crippen LogP) is 3.55. The van der Waals surface area contributed by atoms with Crippen molar-refractivity contribution in [1.29, 1.82) is 0 Å². The quantitative estimate of drug-likeness (QED) is 0.708. The highest BCUT2D eigenvalue weighted by molar-refractivity contribution is 6.30. The van der Waals surface area contributed by atoms with E-state index in [2.05, 4.69) is 4.74 Å². The van der Waals surface area contributed by atoms with Crippen LogP contribution in [-0.2, 0) is 16.1 Å². The van der Waals surface area contributed by atoms with E-state index in [9.17, 15) is 9.59 Å². The molecule has 0 fully saturated rings. The van der Waals surface area contributed by atoms with E-state index in [0.29, 0.717) is 22.9 Å². The first kappa shape index (κ1) is 18.8. The van der Waals surface area contributed by atoms with Gasteiger partial charge >= 0.3 is 5.97 Å². The standard InChI is InChI=1S/C19H20ClNO4/c1-21(12-11-18(22)24-2)19(23)16-5-3-4-6-17(16)25-13-14-7-9-15(20)10-8-14/h3-10H,11-13H2,1-2H3. The summed E-state index contributed by atoms with van der Waals surface area (Å²) in [5, 5.41) is 0.659.